The number of methoxy groups -OCH3 is 1. The number of carbonyl (C=O) groups is 1. The number of nitrogens with two attached hydrogens (primary N) is 1. The van der Waals surface area contributed by atoms with Crippen LogP contribution >= 0.6 is 0 Å². The Kier molecular flexibility index (Phi) is 7.63. The van der Waals surface area contributed by atoms with E-state index < -0.39 is 6.04 Å². The summed E-state index contributed by atoms with van der Waals surface area (Å²) in [6, 6.07) is 14.9. The van der Waals surface area contributed by atoms with Gasteiger partial charge in [-0.15, -0.1) is 0 Å². The minimum absolute atomic E-state index is 0.144. The van der Waals surface area contributed by atoms with Crippen LogP contribution < -0.4 is 15.8 Å². The van der Waals surface area contributed by atoms with Crippen molar-refractivity contribution in [2.45, 2.75) is 39.5 Å². The molecule has 2 unspecified atom stereocenters. The highest BCUT2D eigenvalue weighted by atomic mass is 16.5. The third kappa shape index (κ3) is 5.86. The molecule has 5 heteroatoms. The smallest absolute Gasteiger partial charge is 0.241 e. The number of benzene rings is 2. The summed E-state index contributed by atoms with van der Waals surface area (Å²) >= 11 is 0. The summed E-state index contributed by atoms with van der Waals surface area (Å²) in [5.41, 5.74) is 8.78. The van der Waals surface area contributed by atoms with Crippen molar-refractivity contribution in [3.63, 3.8) is 0 Å². The lowest BCUT2D eigenvalue weighted by Crippen LogP contribution is -2.40. The van der Waals surface area contributed by atoms with Gasteiger partial charge in [0, 0.05) is 5.69 Å². The third-order valence-corrected chi connectivity index (χ3v) is 4.45. The fourth-order valence-corrected chi connectivity index (χ4v) is 2.49. The Bertz CT molecular complexity index is 701. The van der Waals surface area contributed by atoms with Crippen LogP contribution in [0.5, 0.6) is 5.75 Å². The molecule has 0 saturated carbocycles. The normalized spacial score (nSPS) is 13.1. The molecule has 2 aromatic carbocycles. The van der Waals surface area contributed by atoms with E-state index in [-0.39, 0.29) is 11.8 Å². The molecule has 1 amide bonds. The van der Waals surface area contributed by atoms with Crippen molar-refractivity contribution in [3.8, 4) is 5.75 Å². The zero-order valence-electron chi connectivity index (χ0n) is 15.7. The second-order valence-electron chi connectivity index (χ2n) is 6.44. The van der Waals surface area contributed by atoms with Crippen molar-refractivity contribution >= 4 is 11.6 Å². The maximum Gasteiger partial charge on any atom is 0.241 e. The van der Waals surface area contributed by atoms with Crippen molar-refractivity contribution in [1.82, 2.24) is 0 Å². The molecule has 0 fully saturated rings. The zero-order valence-corrected chi connectivity index (χ0v) is 15.7. The Morgan fingerprint density at radius 2 is 1.81 bits per heavy atom. The number of hydrogen-bond donors (Lipinski definition) is 2. The highest BCUT2D eigenvalue weighted by molar-refractivity contribution is 5.94. The van der Waals surface area contributed by atoms with Crippen LogP contribution in [0, 0.1) is 5.92 Å². The summed E-state index contributed by atoms with van der Waals surface area (Å²) in [4.78, 5) is 12.2. The van der Waals surface area contributed by atoms with Gasteiger partial charge in [-0.3, -0.25) is 4.79 Å². The van der Waals surface area contributed by atoms with Crippen LogP contribution in [0.15, 0.2) is 48.5 Å². The van der Waals surface area contributed by atoms with Gasteiger partial charge in [0.25, 0.3) is 0 Å². The van der Waals surface area contributed by atoms with Gasteiger partial charge in [0.1, 0.15) is 5.75 Å². The molecule has 5 nitrogen and oxygen atoms in total. The molecule has 2 rings (SSSR count). The maximum absolute atomic E-state index is 12.2. The first kappa shape index (κ1) is 19.9. The molecule has 0 bridgehead atoms. The number of hydrogen-bond acceptors (Lipinski definition) is 4. The summed E-state index contributed by atoms with van der Waals surface area (Å²) < 4.78 is 10.9. The molecule has 0 spiro atoms. The molecular weight excluding hydrogens is 328 g/mol. The summed E-state index contributed by atoms with van der Waals surface area (Å²) in [7, 11) is 1.65. The molecule has 26 heavy (non-hydrogen) atoms. The van der Waals surface area contributed by atoms with Crippen LogP contribution in [0.4, 0.5) is 5.69 Å². The minimum Gasteiger partial charge on any atom is -0.497 e. The lowest BCUT2D eigenvalue weighted by Gasteiger charge is -2.18. The van der Waals surface area contributed by atoms with Gasteiger partial charge in [0.2, 0.25) is 5.91 Å². The van der Waals surface area contributed by atoms with Crippen LogP contribution in [-0.4, -0.2) is 19.1 Å². The lowest BCUT2D eigenvalue weighted by molar-refractivity contribution is -0.118. The Morgan fingerprint density at radius 1 is 1.12 bits per heavy atom. The Morgan fingerprint density at radius 3 is 2.46 bits per heavy atom. The molecule has 2 atom stereocenters. The second-order valence-corrected chi connectivity index (χ2v) is 6.44. The van der Waals surface area contributed by atoms with Crippen molar-refractivity contribution in [2.75, 3.05) is 12.4 Å². The predicted octanol–water partition coefficient (Wildman–Crippen LogP) is 3.72. The maximum atomic E-state index is 12.2. The van der Waals surface area contributed by atoms with Gasteiger partial charge in [-0.1, -0.05) is 44.5 Å². The average molecular weight is 356 g/mol. The van der Waals surface area contributed by atoms with E-state index in [0.717, 1.165) is 29.0 Å². The molecule has 0 heterocycles. The van der Waals surface area contributed by atoms with Crippen molar-refractivity contribution < 1.29 is 14.3 Å². The van der Waals surface area contributed by atoms with Crippen LogP contribution in [-0.2, 0) is 22.7 Å². The van der Waals surface area contributed by atoms with Crippen molar-refractivity contribution in [3.05, 3.63) is 59.7 Å². The summed E-state index contributed by atoms with van der Waals surface area (Å²) in [6.07, 6.45) is 0.869. The number of anilines is 1. The highest BCUT2D eigenvalue weighted by Crippen LogP contribution is 2.16. The van der Waals surface area contributed by atoms with E-state index in [1.165, 1.54) is 0 Å². The van der Waals surface area contributed by atoms with E-state index in [1.54, 1.807) is 7.11 Å². The summed E-state index contributed by atoms with van der Waals surface area (Å²) in [6.45, 7) is 4.99. The fraction of sp³-hybridized carbons (Fsp3) is 0.381. The third-order valence-electron chi connectivity index (χ3n) is 4.45. The van der Waals surface area contributed by atoms with Crippen molar-refractivity contribution in [1.29, 1.82) is 0 Å². The first-order valence-corrected chi connectivity index (χ1v) is 8.89. The highest BCUT2D eigenvalue weighted by Gasteiger charge is 2.19. The van der Waals surface area contributed by atoms with Gasteiger partial charge in [-0.2, -0.15) is 0 Å². The van der Waals surface area contributed by atoms with Gasteiger partial charge in [-0.25, -0.2) is 0 Å². The largest absolute Gasteiger partial charge is 0.497 e. The number of carbonyl (C=O) groups excluding carboxylic acids is 1. The van der Waals surface area contributed by atoms with Gasteiger partial charge in [0.05, 0.1) is 26.4 Å². The minimum atomic E-state index is -0.505. The quantitative estimate of drug-likeness (QED) is 0.718. The first-order chi connectivity index (χ1) is 12.5. The Labute approximate surface area is 155 Å². The molecule has 0 aliphatic carbocycles. The zero-order chi connectivity index (χ0) is 18.9. The molecular formula is C21H28N2O3. The van der Waals surface area contributed by atoms with Crippen LogP contribution in [0.3, 0.4) is 0 Å². The second kappa shape index (κ2) is 9.94. The van der Waals surface area contributed by atoms with Crippen LogP contribution in [0.2, 0.25) is 0 Å². The van der Waals surface area contributed by atoms with E-state index in [0.29, 0.717) is 13.2 Å². The molecule has 2 aromatic rings. The molecule has 0 aliphatic rings. The lowest BCUT2D eigenvalue weighted by atomic mass is 9.99. The molecule has 0 radical (unpaired) electrons. The molecule has 0 saturated heterocycles. The van der Waals surface area contributed by atoms with Crippen molar-refractivity contribution in [2.24, 2.45) is 11.7 Å². The van der Waals surface area contributed by atoms with E-state index in [2.05, 4.69) is 5.32 Å². The Balaban J connectivity index is 1.87. The average Bonchev–Trinajstić information content (AvgIpc) is 2.67. The van der Waals surface area contributed by atoms with Gasteiger partial charge < -0.3 is 20.5 Å². The Hall–Kier alpha value is -2.37. The van der Waals surface area contributed by atoms with Gasteiger partial charge in [-0.05, 0) is 41.3 Å². The van der Waals surface area contributed by atoms with Gasteiger partial charge in [0.15, 0.2) is 0 Å². The fourth-order valence-electron chi connectivity index (χ4n) is 2.49. The molecule has 0 aliphatic heterocycles. The van der Waals surface area contributed by atoms with Gasteiger partial charge >= 0.3 is 0 Å². The van der Waals surface area contributed by atoms with E-state index in [4.69, 9.17) is 15.2 Å². The standard InChI is InChI=1S/C21H28N2O3/c1-4-15(2)20(22)21(24)23-18-7-5-6-17(12-18)14-26-13-16-8-10-19(25-3)11-9-16/h5-12,15,20H,4,13-14,22H2,1-3H3,(H,23,24). The van der Waals surface area contributed by atoms with E-state index in [1.807, 2.05) is 62.4 Å². The first-order valence-electron chi connectivity index (χ1n) is 8.89. The number of rotatable bonds is 9. The summed E-state index contributed by atoms with van der Waals surface area (Å²) in [5, 5.41) is 2.88. The SMILES string of the molecule is CCC(C)C(N)C(=O)Nc1cccc(COCc2ccc(OC)cc2)c1. The monoisotopic (exact) mass is 356 g/mol. The van der Waals surface area contributed by atoms with Crippen LogP contribution in [0.25, 0.3) is 0 Å². The summed E-state index contributed by atoms with van der Waals surface area (Å²) in [5.74, 6) is 0.814. The van der Waals surface area contributed by atoms with E-state index >= 15 is 0 Å². The number of ether oxygens (including phenoxy) is 2. The van der Waals surface area contributed by atoms with E-state index in [9.17, 15) is 4.79 Å². The number of amides is 1. The predicted molar refractivity (Wildman–Crippen MR) is 104 cm³/mol. The molecule has 3 N–H and O–H groups in total. The molecule has 0 aromatic heterocycles. The number of nitrogens with one attached hydrogen (secondary N) is 1. The van der Waals surface area contributed by atoms with Crippen LogP contribution in [0.1, 0.15) is 31.4 Å². The topological polar surface area (TPSA) is 73.6 Å². The molecule has 140 valence electrons.